The summed E-state index contributed by atoms with van der Waals surface area (Å²) in [4.78, 5) is 4.74. The van der Waals surface area contributed by atoms with Crippen molar-refractivity contribution in [2.45, 2.75) is 23.6 Å². The van der Waals surface area contributed by atoms with Gasteiger partial charge in [0.2, 0.25) is 0 Å². The van der Waals surface area contributed by atoms with Gasteiger partial charge >= 0.3 is 0 Å². The summed E-state index contributed by atoms with van der Waals surface area (Å²) in [7, 11) is 0. The highest BCUT2D eigenvalue weighted by atomic mass is 35.5. The topological polar surface area (TPSA) is 17.8 Å². The van der Waals surface area contributed by atoms with E-state index >= 15 is 0 Å². The molecule has 0 radical (unpaired) electrons. The first-order valence-electron chi connectivity index (χ1n) is 6.67. The fourth-order valence-corrected chi connectivity index (χ4v) is 5.74. The number of thioether (sulfide) groups is 2. The van der Waals surface area contributed by atoms with Crippen molar-refractivity contribution >= 4 is 81.5 Å². The van der Waals surface area contributed by atoms with E-state index in [1.807, 2.05) is 24.3 Å². The zero-order valence-electron chi connectivity index (χ0n) is 12.0. The Morgan fingerprint density at radius 2 is 1.65 bits per heavy atom. The van der Waals surface area contributed by atoms with Gasteiger partial charge in [-0.2, -0.15) is 11.8 Å². The predicted octanol–water partition coefficient (Wildman–Crippen LogP) is 7.06. The molecule has 2 nitrogen and oxygen atoms in total. The molecule has 1 unspecified atom stereocenters. The third-order valence-corrected chi connectivity index (χ3v) is 8.06. The van der Waals surface area contributed by atoms with Crippen LogP contribution < -0.4 is 0 Å². The highest BCUT2D eigenvalue weighted by Crippen LogP contribution is 2.48. The number of hydrogen-bond donors (Lipinski definition) is 0. The van der Waals surface area contributed by atoms with E-state index in [0.29, 0.717) is 20.2 Å². The Balaban J connectivity index is 2.14. The molecule has 9 heteroatoms. The van der Waals surface area contributed by atoms with Crippen molar-refractivity contribution in [3.8, 4) is 0 Å². The molecule has 0 amide bonds. The van der Waals surface area contributed by atoms with E-state index in [-0.39, 0.29) is 15.1 Å². The first kappa shape index (κ1) is 19.9. The van der Waals surface area contributed by atoms with Crippen LogP contribution in [0.1, 0.15) is 6.92 Å². The molecular weight excluding hydrogens is 438 g/mol. The number of benzene rings is 1. The van der Waals surface area contributed by atoms with E-state index in [2.05, 4.69) is 16.5 Å². The molecule has 23 heavy (non-hydrogen) atoms. The minimum Gasteiger partial charge on any atom is -0.336 e. The van der Waals surface area contributed by atoms with Gasteiger partial charge in [0.25, 0.3) is 0 Å². The molecule has 126 valence electrons. The maximum atomic E-state index is 6.28. The largest absolute Gasteiger partial charge is 0.336 e. The van der Waals surface area contributed by atoms with Gasteiger partial charge in [-0.1, -0.05) is 64.9 Å². The second kappa shape index (κ2) is 9.33. The van der Waals surface area contributed by atoms with Gasteiger partial charge in [-0.3, -0.25) is 0 Å². The van der Waals surface area contributed by atoms with Crippen LogP contribution >= 0.6 is 81.5 Å². The van der Waals surface area contributed by atoms with E-state index < -0.39 is 0 Å². The summed E-state index contributed by atoms with van der Waals surface area (Å²) < 4.78 is 2.05. The predicted molar refractivity (Wildman–Crippen MR) is 106 cm³/mol. The molecule has 1 atom stereocenters. The van der Waals surface area contributed by atoms with E-state index in [1.54, 1.807) is 6.20 Å². The zero-order chi connectivity index (χ0) is 17.0. The smallest absolute Gasteiger partial charge is 0.0946 e. The fourth-order valence-electron chi connectivity index (χ4n) is 1.91. The number of hydrogen-bond acceptors (Lipinski definition) is 3. The second-order valence-electron chi connectivity index (χ2n) is 4.55. The molecule has 0 aliphatic carbocycles. The number of halogens is 5. The highest BCUT2D eigenvalue weighted by molar-refractivity contribution is 8.03. The van der Waals surface area contributed by atoms with Crippen LogP contribution in [0.5, 0.6) is 0 Å². The summed E-state index contributed by atoms with van der Waals surface area (Å²) in [6.07, 6.45) is 5.53. The van der Waals surface area contributed by atoms with Crippen LogP contribution in [0.3, 0.4) is 0 Å². The van der Waals surface area contributed by atoms with Crippen molar-refractivity contribution in [3.05, 3.63) is 43.8 Å². The normalized spacial score (nSPS) is 12.6. The molecule has 0 spiro atoms. The van der Waals surface area contributed by atoms with Gasteiger partial charge < -0.3 is 4.57 Å². The molecule has 2 rings (SSSR count). The Bertz CT molecular complexity index is 635. The van der Waals surface area contributed by atoms with E-state index in [0.717, 1.165) is 18.1 Å². The maximum absolute atomic E-state index is 6.28. The summed E-state index contributed by atoms with van der Waals surface area (Å²) in [6.45, 7) is 2.99. The van der Waals surface area contributed by atoms with Crippen LogP contribution in [0.4, 0.5) is 0 Å². The standard InChI is InChI=1S/C14H13Cl5N2S2/c1-2-22-8(5-21-4-3-20-7-21)6-23-14-12(18)10(16)9(15)11(17)13(14)19/h3-4,7-8H,2,5-6H2,1H3. The Morgan fingerprint density at radius 3 is 2.17 bits per heavy atom. The SMILES string of the molecule is CCSC(CSc1c(Cl)c(Cl)c(Cl)c(Cl)c1Cl)Cn1ccnc1. The average Bonchev–Trinajstić information content (AvgIpc) is 3.04. The van der Waals surface area contributed by atoms with Crippen molar-refractivity contribution in [2.24, 2.45) is 0 Å². The zero-order valence-corrected chi connectivity index (χ0v) is 17.4. The molecule has 1 aromatic carbocycles. The highest BCUT2D eigenvalue weighted by Gasteiger charge is 2.21. The fraction of sp³-hybridized carbons (Fsp3) is 0.357. The number of rotatable bonds is 7. The average molecular weight is 451 g/mol. The minimum absolute atomic E-state index is 0.186. The Hall–Kier alpha value is 0.580. The maximum Gasteiger partial charge on any atom is 0.0946 e. The molecule has 0 N–H and O–H groups in total. The van der Waals surface area contributed by atoms with Gasteiger partial charge in [0, 0.05) is 34.8 Å². The quantitative estimate of drug-likeness (QED) is 0.255. The Labute approximate surface area is 169 Å². The summed E-state index contributed by atoms with van der Waals surface area (Å²) in [5, 5.41) is 1.72. The molecule has 0 aliphatic heterocycles. The van der Waals surface area contributed by atoms with Crippen LogP contribution in [0.15, 0.2) is 23.6 Å². The third-order valence-electron chi connectivity index (χ3n) is 2.96. The minimum atomic E-state index is 0.186. The first-order valence-corrected chi connectivity index (χ1v) is 10.6. The molecule has 0 fully saturated rings. The van der Waals surface area contributed by atoms with Gasteiger partial charge in [0.15, 0.2) is 0 Å². The monoisotopic (exact) mass is 448 g/mol. The van der Waals surface area contributed by atoms with Gasteiger partial charge in [0.05, 0.1) is 31.4 Å². The Kier molecular flexibility index (Phi) is 8.07. The molecule has 1 heterocycles. The lowest BCUT2D eigenvalue weighted by atomic mass is 10.3. The summed E-state index contributed by atoms with van der Waals surface area (Å²) >= 11 is 34.2. The third kappa shape index (κ3) is 5.04. The van der Waals surface area contributed by atoms with Crippen LogP contribution in [-0.2, 0) is 6.54 Å². The van der Waals surface area contributed by atoms with Crippen molar-refractivity contribution in [3.63, 3.8) is 0 Å². The lowest BCUT2D eigenvalue weighted by Gasteiger charge is -2.18. The molecule has 1 aromatic heterocycles. The van der Waals surface area contributed by atoms with Crippen molar-refractivity contribution < 1.29 is 0 Å². The van der Waals surface area contributed by atoms with Gasteiger partial charge in [-0.05, 0) is 5.75 Å². The van der Waals surface area contributed by atoms with Gasteiger partial charge in [-0.25, -0.2) is 4.98 Å². The summed E-state index contributed by atoms with van der Waals surface area (Å²) in [6, 6.07) is 0. The number of aromatic nitrogens is 2. The molecule has 0 bridgehead atoms. The molecule has 2 aromatic rings. The molecular formula is C14H13Cl5N2S2. The Morgan fingerprint density at radius 1 is 1.04 bits per heavy atom. The number of imidazole rings is 1. The van der Waals surface area contributed by atoms with Crippen molar-refractivity contribution in [1.29, 1.82) is 0 Å². The summed E-state index contributed by atoms with van der Waals surface area (Å²) in [5.74, 6) is 1.83. The lowest BCUT2D eigenvalue weighted by Crippen LogP contribution is -2.15. The van der Waals surface area contributed by atoms with E-state index in [9.17, 15) is 0 Å². The van der Waals surface area contributed by atoms with Crippen LogP contribution in [0.2, 0.25) is 25.1 Å². The van der Waals surface area contributed by atoms with Crippen molar-refractivity contribution in [2.75, 3.05) is 11.5 Å². The number of nitrogens with zero attached hydrogens (tertiary/aromatic N) is 2. The molecule has 0 aliphatic rings. The van der Waals surface area contributed by atoms with Crippen LogP contribution in [-0.4, -0.2) is 26.3 Å². The van der Waals surface area contributed by atoms with Gasteiger partial charge in [0.1, 0.15) is 0 Å². The molecule has 0 saturated carbocycles. The summed E-state index contributed by atoms with van der Waals surface area (Å²) in [5.41, 5.74) is 0. The van der Waals surface area contributed by atoms with Crippen LogP contribution in [0.25, 0.3) is 0 Å². The lowest BCUT2D eigenvalue weighted by molar-refractivity contribution is 0.696. The first-order chi connectivity index (χ1) is 11.0. The van der Waals surface area contributed by atoms with Crippen molar-refractivity contribution in [1.82, 2.24) is 9.55 Å². The van der Waals surface area contributed by atoms with Gasteiger partial charge in [-0.15, -0.1) is 11.8 Å². The van der Waals surface area contributed by atoms with Crippen LogP contribution in [0, 0.1) is 0 Å². The van der Waals surface area contributed by atoms with E-state index in [1.165, 1.54) is 11.8 Å². The molecule has 0 saturated heterocycles. The second-order valence-corrected chi connectivity index (χ2v) is 9.04. The van der Waals surface area contributed by atoms with E-state index in [4.69, 9.17) is 58.0 Å².